The summed E-state index contributed by atoms with van der Waals surface area (Å²) in [6.07, 6.45) is -0.331. The fraction of sp³-hybridized carbons (Fsp3) is 0.500. The van der Waals surface area contributed by atoms with Gasteiger partial charge in [0.05, 0.1) is 6.10 Å². The van der Waals surface area contributed by atoms with Gasteiger partial charge in [-0.1, -0.05) is 39.0 Å². The molecule has 0 aliphatic heterocycles. The van der Waals surface area contributed by atoms with Crippen molar-refractivity contribution in [2.75, 3.05) is 11.9 Å². The molecule has 78 valence electrons. The van der Waals surface area contributed by atoms with Crippen molar-refractivity contribution in [3.05, 3.63) is 30.3 Å². The van der Waals surface area contributed by atoms with Crippen LogP contribution in [0.25, 0.3) is 0 Å². The zero-order chi connectivity index (χ0) is 10.6. The summed E-state index contributed by atoms with van der Waals surface area (Å²) in [6, 6.07) is 9.92. The number of aliphatic hydroxyl groups excluding tert-OH is 1. The maximum atomic E-state index is 9.78. The summed E-state index contributed by atoms with van der Waals surface area (Å²) >= 11 is 0. The molecule has 0 aliphatic carbocycles. The van der Waals surface area contributed by atoms with Crippen molar-refractivity contribution in [3.8, 4) is 0 Å². The first kappa shape index (κ1) is 11.1. The highest BCUT2D eigenvalue weighted by molar-refractivity contribution is 5.42. The van der Waals surface area contributed by atoms with E-state index in [1.165, 1.54) is 0 Å². The lowest BCUT2D eigenvalue weighted by molar-refractivity contribution is 0.0746. The molecule has 0 aliphatic rings. The summed E-state index contributed by atoms with van der Waals surface area (Å²) in [5.74, 6) is 0. The van der Waals surface area contributed by atoms with E-state index in [0.717, 1.165) is 5.69 Å². The molecule has 2 nitrogen and oxygen atoms in total. The maximum Gasteiger partial charge on any atom is 0.0760 e. The van der Waals surface area contributed by atoms with E-state index in [-0.39, 0.29) is 11.5 Å². The molecule has 0 bridgehead atoms. The van der Waals surface area contributed by atoms with Crippen LogP contribution in [0.15, 0.2) is 30.3 Å². The zero-order valence-corrected chi connectivity index (χ0v) is 9.12. The van der Waals surface area contributed by atoms with Crippen molar-refractivity contribution in [1.29, 1.82) is 0 Å². The number of rotatable bonds is 3. The van der Waals surface area contributed by atoms with Crippen LogP contribution in [0.5, 0.6) is 0 Å². The van der Waals surface area contributed by atoms with Crippen LogP contribution in [0.3, 0.4) is 0 Å². The molecule has 1 rings (SSSR count). The van der Waals surface area contributed by atoms with Crippen LogP contribution in [0, 0.1) is 5.41 Å². The van der Waals surface area contributed by atoms with E-state index in [0.29, 0.717) is 6.54 Å². The lowest BCUT2D eigenvalue weighted by Gasteiger charge is -2.26. The number of hydrogen-bond donors (Lipinski definition) is 2. The number of benzene rings is 1. The molecular formula is C12H19NO. The predicted molar refractivity (Wildman–Crippen MR) is 60.4 cm³/mol. The molecule has 0 radical (unpaired) electrons. The largest absolute Gasteiger partial charge is 0.391 e. The minimum atomic E-state index is -0.331. The van der Waals surface area contributed by atoms with Gasteiger partial charge in [-0.05, 0) is 17.5 Å². The summed E-state index contributed by atoms with van der Waals surface area (Å²) < 4.78 is 0. The van der Waals surface area contributed by atoms with Gasteiger partial charge < -0.3 is 10.4 Å². The van der Waals surface area contributed by atoms with Crippen LogP contribution in [-0.2, 0) is 0 Å². The summed E-state index contributed by atoms with van der Waals surface area (Å²) in [5, 5.41) is 13.0. The van der Waals surface area contributed by atoms with Crippen LogP contribution in [0.4, 0.5) is 5.69 Å². The van der Waals surface area contributed by atoms with Gasteiger partial charge in [0, 0.05) is 12.2 Å². The maximum absolute atomic E-state index is 9.78. The molecule has 0 amide bonds. The summed E-state index contributed by atoms with van der Waals surface area (Å²) in [4.78, 5) is 0. The molecule has 14 heavy (non-hydrogen) atoms. The number of aliphatic hydroxyl groups is 1. The number of para-hydroxylation sites is 1. The molecule has 0 fully saturated rings. The average molecular weight is 193 g/mol. The lowest BCUT2D eigenvalue weighted by atomic mass is 9.89. The molecule has 2 heteroatoms. The van der Waals surface area contributed by atoms with E-state index in [4.69, 9.17) is 0 Å². The minimum Gasteiger partial charge on any atom is -0.391 e. The molecule has 0 saturated heterocycles. The Labute approximate surface area is 86.0 Å². The second kappa shape index (κ2) is 4.47. The molecule has 0 saturated carbocycles. The highest BCUT2D eigenvalue weighted by Gasteiger charge is 2.21. The lowest BCUT2D eigenvalue weighted by Crippen LogP contribution is -2.32. The van der Waals surface area contributed by atoms with Gasteiger partial charge in [-0.3, -0.25) is 0 Å². The van der Waals surface area contributed by atoms with Crippen molar-refractivity contribution in [3.63, 3.8) is 0 Å². The average Bonchev–Trinajstić information content (AvgIpc) is 2.14. The first-order chi connectivity index (χ1) is 6.50. The topological polar surface area (TPSA) is 32.3 Å². The summed E-state index contributed by atoms with van der Waals surface area (Å²) in [6.45, 7) is 6.69. The van der Waals surface area contributed by atoms with Gasteiger partial charge in [0.15, 0.2) is 0 Å². The van der Waals surface area contributed by atoms with Gasteiger partial charge in [-0.25, -0.2) is 0 Å². The first-order valence-corrected chi connectivity index (χ1v) is 4.97. The van der Waals surface area contributed by atoms with Crippen molar-refractivity contribution < 1.29 is 5.11 Å². The standard InChI is InChI=1S/C12H19NO/c1-12(2,3)11(14)9-13-10-7-5-4-6-8-10/h4-8,11,13-14H,9H2,1-3H3. The molecule has 2 N–H and O–H groups in total. The third kappa shape index (κ3) is 3.38. The Morgan fingerprint density at radius 2 is 1.79 bits per heavy atom. The van der Waals surface area contributed by atoms with Gasteiger partial charge in [0.25, 0.3) is 0 Å². The Morgan fingerprint density at radius 1 is 1.21 bits per heavy atom. The van der Waals surface area contributed by atoms with E-state index in [9.17, 15) is 5.11 Å². The Kier molecular flexibility index (Phi) is 3.53. The van der Waals surface area contributed by atoms with E-state index < -0.39 is 0 Å². The third-order valence-electron chi connectivity index (χ3n) is 2.27. The SMILES string of the molecule is CC(C)(C)C(O)CNc1ccccc1. The van der Waals surface area contributed by atoms with E-state index >= 15 is 0 Å². The van der Waals surface area contributed by atoms with Crippen LogP contribution in [0.1, 0.15) is 20.8 Å². The van der Waals surface area contributed by atoms with Crippen LogP contribution in [-0.4, -0.2) is 17.8 Å². The Hall–Kier alpha value is -1.02. The summed E-state index contributed by atoms with van der Waals surface area (Å²) in [7, 11) is 0. The van der Waals surface area contributed by atoms with Crippen molar-refractivity contribution in [1.82, 2.24) is 0 Å². The van der Waals surface area contributed by atoms with Gasteiger partial charge >= 0.3 is 0 Å². The van der Waals surface area contributed by atoms with Crippen molar-refractivity contribution in [2.45, 2.75) is 26.9 Å². The number of nitrogens with one attached hydrogen (secondary N) is 1. The third-order valence-corrected chi connectivity index (χ3v) is 2.27. The first-order valence-electron chi connectivity index (χ1n) is 4.97. The minimum absolute atomic E-state index is 0.0677. The highest BCUT2D eigenvalue weighted by atomic mass is 16.3. The smallest absolute Gasteiger partial charge is 0.0760 e. The van der Waals surface area contributed by atoms with Gasteiger partial charge in [-0.2, -0.15) is 0 Å². The monoisotopic (exact) mass is 193 g/mol. The molecule has 0 spiro atoms. The molecule has 0 aromatic heterocycles. The Bertz CT molecular complexity index is 263. The van der Waals surface area contributed by atoms with E-state index in [2.05, 4.69) is 5.32 Å². The highest BCUT2D eigenvalue weighted by Crippen LogP contribution is 2.19. The zero-order valence-electron chi connectivity index (χ0n) is 9.12. The quantitative estimate of drug-likeness (QED) is 0.773. The second-order valence-corrected chi connectivity index (χ2v) is 4.63. The molecular weight excluding hydrogens is 174 g/mol. The molecule has 1 aromatic rings. The van der Waals surface area contributed by atoms with Crippen molar-refractivity contribution >= 4 is 5.69 Å². The van der Waals surface area contributed by atoms with E-state index in [1.807, 2.05) is 51.1 Å². The van der Waals surface area contributed by atoms with Crippen LogP contribution >= 0.6 is 0 Å². The summed E-state index contributed by atoms with van der Waals surface area (Å²) in [5.41, 5.74) is 0.984. The molecule has 1 atom stereocenters. The normalized spacial score (nSPS) is 13.7. The van der Waals surface area contributed by atoms with Crippen LogP contribution in [0.2, 0.25) is 0 Å². The van der Waals surface area contributed by atoms with Crippen molar-refractivity contribution in [2.24, 2.45) is 5.41 Å². The number of hydrogen-bond acceptors (Lipinski definition) is 2. The second-order valence-electron chi connectivity index (χ2n) is 4.63. The number of anilines is 1. The van der Waals surface area contributed by atoms with Gasteiger partial charge in [0.2, 0.25) is 0 Å². The van der Waals surface area contributed by atoms with Gasteiger partial charge in [0.1, 0.15) is 0 Å². The Balaban J connectivity index is 2.42. The molecule has 1 unspecified atom stereocenters. The molecule has 1 aromatic carbocycles. The predicted octanol–water partition coefficient (Wildman–Crippen LogP) is 2.51. The Morgan fingerprint density at radius 3 is 2.29 bits per heavy atom. The van der Waals surface area contributed by atoms with Crippen LogP contribution < -0.4 is 5.32 Å². The fourth-order valence-electron chi connectivity index (χ4n) is 1.08. The van der Waals surface area contributed by atoms with Gasteiger partial charge in [-0.15, -0.1) is 0 Å². The molecule has 0 heterocycles. The fourth-order valence-corrected chi connectivity index (χ4v) is 1.08. The van der Waals surface area contributed by atoms with E-state index in [1.54, 1.807) is 0 Å².